The lowest BCUT2D eigenvalue weighted by molar-refractivity contribution is 0.140. The number of aromatic nitrogens is 4. The third-order valence-corrected chi connectivity index (χ3v) is 5.51. The van der Waals surface area contributed by atoms with Gasteiger partial charge in [-0.1, -0.05) is 12.1 Å². The number of para-hydroxylation sites is 1. The van der Waals surface area contributed by atoms with Gasteiger partial charge in [0, 0.05) is 30.5 Å². The number of fused-ring (bicyclic) bond motifs is 2. The van der Waals surface area contributed by atoms with Gasteiger partial charge in [0.25, 0.3) is 12.0 Å². The summed E-state index contributed by atoms with van der Waals surface area (Å²) in [6.45, 7) is 1.83. The van der Waals surface area contributed by atoms with Crippen molar-refractivity contribution in [3.8, 4) is 0 Å². The van der Waals surface area contributed by atoms with Gasteiger partial charge in [0.1, 0.15) is 5.82 Å². The van der Waals surface area contributed by atoms with E-state index in [1.54, 1.807) is 22.9 Å². The van der Waals surface area contributed by atoms with E-state index >= 15 is 0 Å². The summed E-state index contributed by atoms with van der Waals surface area (Å²) in [4.78, 5) is 22.3. The minimum Gasteiger partial charge on any atom is -0.355 e. The van der Waals surface area contributed by atoms with E-state index in [0.29, 0.717) is 31.0 Å². The molecule has 28 heavy (non-hydrogen) atoms. The summed E-state index contributed by atoms with van der Waals surface area (Å²) in [5.74, 6) is 0.313. The molecule has 0 unspecified atom stereocenters. The monoisotopic (exact) mass is 383 g/mol. The van der Waals surface area contributed by atoms with E-state index in [1.165, 1.54) is 0 Å². The van der Waals surface area contributed by atoms with Crippen molar-refractivity contribution >= 4 is 16.7 Å². The van der Waals surface area contributed by atoms with Crippen LogP contribution in [0, 0.1) is 5.92 Å². The average molecular weight is 383 g/mol. The largest absolute Gasteiger partial charge is 0.355 e. The molecule has 0 spiro atoms. The van der Waals surface area contributed by atoms with Gasteiger partial charge in [0.05, 0.1) is 17.8 Å². The van der Waals surface area contributed by atoms with Crippen LogP contribution in [0.2, 0.25) is 0 Å². The van der Waals surface area contributed by atoms with Crippen molar-refractivity contribution in [3.05, 3.63) is 57.8 Å². The molecule has 3 aromatic rings. The number of benzene rings is 1. The van der Waals surface area contributed by atoms with Crippen molar-refractivity contribution in [3.63, 3.8) is 0 Å². The Morgan fingerprint density at radius 1 is 1.14 bits per heavy atom. The lowest BCUT2D eigenvalue weighted by atomic mass is 9.99. The van der Waals surface area contributed by atoms with Crippen molar-refractivity contribution in [1.82, 2.24) is 19.7 Å². The number of halogens is 2. The second kappa shape index (κ2) is 6.61. The third-order valence-electron chi connectivity index (χ3n) is 5.51. The number of rotatable bonds is 4. The molecule has 0 radical (unpaired) electrons. The van der Waals surface area contributed by atoms with Gasteiger partial charge >= 0.3 is 0 Å². The Kier molecular flexibility index (Phi) is 4.07. The zero-order valence-electron chi connectivity index (χ0n) is 15.2. The van der Waals surface area contributed by atoms with Gasteiger partial charge in [-0.3, -0.25) is 4.79 Å². The number of aryl methyl sites for hydroxylation is 2. The average Bonchev–Trinajstić information content (AvgIpc) is 3.10. The summed E-state index contributed by atoms with van der Waals surface area (Å²) in [5.41, 5.74) is 2.55. The lowest BCUT2D eigenvalue weighted by Crippen LogP contribution is -2.50. The molecule has 1 saturated heterocycles. The molecule has 0 amide bonds. The Labute approximate surface area is 159 Å². The molecular formula is C20H19F2N5O. The van der Waals surface area contributed by atoms with Crippen LogP contribution in [0.15, 0.2) is 35.1 Å². The highest BCUT2D eigenvalue weighted by Crippen LogP contribution is 2.31. The summed E-state index contributed by atoms with van der Waals surface area (Å²) in [5, 5.41) is 5.28. The zero-order valence-corrected chi connectivity index (χ0v) is 15.2. The Morgan fingerprint density at radius 2 is 1.96 bits per heavy atom. The van der Waals surface area contributed by atoms with Crippen LogP contribution in [-0.2, 0) is 19.4 Å². The molecule has 2 aliphatic rings. The molecule has 0 N–H and O–H groups in total. The van der Waals surface area contributed by atoms with E-state index < -0.39 is 12.2 Å². The second-order valence-electron chi connectivity index (χ2n) is 7.48. The van der Waals surface area contributed by atoms with Crippen LogP contribution in [0.5, 0.6) is 0 Å². The zero-order chi connectivity index (χ0) is 19.3. The summed E-state index contributed by atoms with van der Waals surface area (Å²) in [6, 6.07) is 8.90. The standard InChI is InChI=1S/C20H19F2N5O/c21-18(22)19-23-16-6-2-1-5-14(16)20(24-19)26-9-12(10-26)11-27-17(28)8-13-4-3-7-15(13)25-27/h1-2,5-6,8,12,18H,3-4,7,9-11H2. The van der Waals surface area contributed by atoms with Crippen molar-refractivity contribution in [2.45, 2.75) is 32.2 Å². The van der Waals surface area contributed by atoms with Crippen LogP contribution in [-0.4, -0.2) is 32.8 Å². The molecule has 1 aromatic carbocycles. The van der Waals surface area contributed by atoms with Gasteiger partial charge in [-0.2, -0.15) is 5.10 Å². The molecule has 0 saturated carbocycles. The van der Waals surface area contributed by atoms with Crippen molar-refractivity contribution in [1.29, 1.82) is 0 Å². The normalized spacial score (nSPS) is 16.6. The number of hydrogen-bond acceptors (Lipinski definition) is 5. The van der Waals surface area contributed by atoms with E-state index in [0.717, 1.165) is 35.9 Å². The number of nitrogens with zero attached hydrogens (tertiary/aromatic N) is 5. The van der Waals surface area contributed by atoms with E-state index in [2.05, 4.69) is 15.1 Å². The van der Waals surface area contributed by atoms with Crippen LogP contribution in [0.25, 0.3) is 10.9 Å². The summed E-state index contributed by atoms with van der Waals surface area (Å²) < 4.78 is 27.9. The van der Waals surface area contributed by atoms with Crippen molar-refractivity contribution in [2.75, 3.05) is 18.0 Å². The van der Waals surface area contributed by atoms with Crippen LogP contribution >= 0.6 is 0 Å². The maximum atomic E-state index is 13.2. The quantitative estimate of drug-likeness (QED) is 0.693. The van der Waals surface area contributed by atoms with E-state index in [-0.39, 0.29) is 11.5 Å². The summed E-state index contributed by atoms with van der Waals surface area (Å²) in [7, 11) is 0. The predicted molar refractivity (Wildman–Crippen MR) is 101 cm³/mol. The highest BCUT2D eigenvalue weighted by atomic mass is 19.3. The first-order valence-electron chi connectivity index (χ1n) is 9.48. The van der Waals surface area contributed by atoms with E-state index in [9.17, 15) is 13.6 Å². The van der Waals surface area contributed by atoms with Gasteiger partial charge in [-0.15, -0.1) is 0 Å². The molecule has 1 fully saturated rings. The molecule has 0 bridgehead atoms. The van der Waals surface area contributed by atoms with Crippen molar-refractivity contribution < 1.29 is 8.78 Å². The number of anilines is 1. The lowest BCUT2D eigenvalue weighted by Gasteiger charge is -2.40. The first kappa shape index (κ1) is 17.2. The minimum absolute atomic E-state index is 0.0634. The first-order chi connectivity index (χ1) is 13.6. The molecule has 6 nitrogen and oxygen atoms in total. The fourth-order valence-corrected chi connectivity index (χ4v) is 4.09. The Bertz CT molecular complexity index is 1110. The number of alkyl halides is 2. The molecule has 0 atom stereocenters. The highest BCUT2D eigenvalue weighted by Gasteiger charge is 2.31. The van der Waals surface area contributed by atoms with E-state index in [1.807, 2.05) is 17.0 Å². The fraction of sp³-hybridized carbons (Fsp3) is 0.400. The first-order valence-corrected chi connectivity index (χ1v) is 9.48. The molecule has 5 rings (SSSR count). The van der Waals surface area contributed by atoms with Crippen LogP contribution < -0.4 is 10.5 Å². The molecule has 2 aromatic heterocycles. The molecule has 8 heteroatoms. The molecule has 3 heterocycles. The Balaban J connectivity index is 1.37. The molecule has 1 aliphatic heterocycles. The maximum absolute atomic E-state index is 13.2. The second-order valence-corrected chi connectivity index (χ2v) is 7.48. The predicted octanol–water partition coefficient (Wildman–Crippen LogP) is 2.75. The Hall–Kier alpha value is -2.90. The topological polar surface area (TPSA) is 63.9 Å². The van der Waals surface area contributed by atoms with Crippen LogP contribution in [0.3, 0.4) is 0 Å². The molecule has 1 aliphatic carbocycles. The third kappa shape index (κ3) is 2.93. The fourth-order valence-electron chi connectivity index (χ4n) is 4.09. The van der Waals surface area contributed by atoms with Crippen LogP contribution in [0.4, 0.5) is 14.6 Å². The molecule has 144 valence electrons. The summed E-state index contributed by atoms with van der Waals surface area (Å²) >= 11 is 0. The van der Waals surface area contributed by atoms with Gasteiger partial charge in [-0.25, -0.2) is 23.4 Å². The van der Waals surface area contributed by atoms with Gasteiger partial charge in [-0.05, 0) is 37.0 Å². The van der Waals surface area contributed by atoms with Gasteiger partial charge < -0.3 is 4.90 Å². The van der Waals surface area contributed by atoms with Crippen LogP contribution in [0.1, 0.15) is 29.9 Å². The maximum Gasteiger partial charge on any atom is 0.297 e. The minimum atomic E-state index is -2.71. The van der Waals surface area contributed by atoms with E-state index in [4.69, 9.17) is 0 Å². The van der Waals surface area contributed by atoms with Crippen molar-refractivity contribution in [2.24, 2.45) is 5.92 Å². The van der Waals surface area contributed by atoms with Gasteiger partial charge in [0.2, 0.25) is 0 Å². The van der Waals surface area contributed by atoms with Gasteiger partial charge in [0.15, 0.2) is 5.82 Å². The number of hydrogen-bond donors (Lipinski definition) is 0. The Morgan fingerprint density at radius 3 is 2.79 bits per heavy atom. The summed E-state index contributed by atoms with van der Waals surface area (Å²) in [6.07, 6.45) is 0.198. The molecular weight excluding hydrogens is 364 g/mol. The smallest absolute Gasteiger partial charge is 0.297 e. The SMILES string of the molecule is O=c1cc2c(nn1CC1CN(c3nc(C(F)F)nc4ccccc34)C1)CCC2. The highest BCUT2D eigenvalue weighted by molar-refractivity contribution is 5.89.